The number of fused-ring (bicyclic) bond motifs is 2. The van der Waals surface area contributed by atoms with Gasteiger partial charge in [0, 0.05) is 25.2 Å². The third-order valence-corrected chi connectivity index (χ3v) is 7.09. The zero-order valence-corrected chi connectivity index (χ0v) is 22.9. The predicted molar refractivity (Wildman–Crippen MR) is 153 cm³/mol. The molecule has 0 unspecified atom stereocenters. The van der Waals surface area contributed by atoms with Crippen LogP contribution in [-0.4, -0.2) is 41.6 Å². The Labute approximate surface area is 237 Å². The van der Waals surface area contributed by atoms with Gasteiger partial charge in [0.15, 0.2) is 18.1 Å². The number of aryl methyl sites for hydroxylation is 1. The highest BCUT2D eigenvalue weighted by Gasteiger charge is 2.17. The highest BCUT2D eigenvalue weighted by Crippen LogP contribution is 2.37. The van der Waals surface area contributed by atoms with Crippen molar-refractivity contribution in [3.63, 3.8) is 0 Å². The van der Waals surface area contributed by atoms with E-state index in [4.69, 9.17) is 18.8 Å². The van der Waals surface area contributed by atoms with E-state index >= 15 is 0 Å². The van der Waals surface area contributed by atoms with Crippen LogP contribution in [0.1, 0.15) is 22.5 Å². The zero-order chi connectivity index (χ0) is 28.2. The Kier molecular flexibility index (Phi) is 7.51. The smallest absolute Gasteiger partial charge is 0.258 e. The number of amides is 1. The Hall–Kier alpha value is -4.89. The average Bonchev–Trinajstić information content (AvgIpc) is 3.63. The molecule has 6 rings (SSSR count). The number of ether oxygens (including phenoxy) is 3. The van der Waals surface area contributed by atoms with Gasteiger partial charge in [0.2, 0.25) is 6.79 Å². The molecule has 9 nitrogen and oxygen atoms in total. The summed E-state index contributed by atoms with van der Waals surface area (Å²) in [7, 11) is 1.99. The summed E-state index contributed by atoms with van der Waals surface area (Å²) < 4.78 is 22.0. The minimum atomic E-state index is -0.193. The summed E-state index contributed by atoms with van der Waals surface area (Å²) in [6, 6.07) is 26.1. The van der Waals surface area contributed by atoms with E-state index < -0.39 is 0 Å². The molecule has 0 saturated heterocycles. The molecule has 0 atom stereocenters. The van der Waals surface area contributed by atoms with Crippen molar-refractivity contribution in [1.82, 2.24) is 20.5 Å². The van der Waals surface area contributed by atoms with Gasteiger partial charge < -0.3 is 19.5 Å². The van der Waals surface area contributed by atoms with E-state index in [9.17, 15) is 4.79 Å². The number of benzene rings is 4. The lowest BCUT2D eigenvalue weighted by Crippen LogP contribution is -2.28. The first-order chi connectivity index (χ1) is 20.0. The monoisotopic (exact) mass is 550 g/mol. The van der Waals surface area contributed by atoms with E-state index in [-0.39, 0.29) is 19.3 Å². The molecule has 1 aromatic heterocycles. The van der Waals surface area contributed by atoms with Crippen LogP contribution >= 0.6 is 0 Å². The van der Waals surface area contributed by atoms with Crippen LogP contribution in [0.5, 0.6) is 17.2 Å². The first-order valence-electron chi connectivity index (χ1n) is 13.4. The van der Waals surface area contributed by atoms with Gasteiger partial charge in [-0.1, -0.05) is 64.9 Å². The van der Waals surface area contributed by atoms with Crippen molar-refractivity contribution < 1.29 is 23.6 Å². The molecule has 208 valence electrons. The van der Waals surface area contributed by atoms with Crippen LogP contribution in [0, 0.1) is 6.92 Å². The van der Waals surface area contributed by atoms with E-state index in [1.54, 1.807) is 0 Å². The lowest BCUT2D eigenvalue weighted by molar-refractivity contribution is -0.123. The molecule has 0 spiro atoms. The van der Waals surface area contributed by atoms with Gasteiger partial charge >= 0.3 is 0 Å². The summed E-state index contributed by atoms with van der Waals surface area (Å²) >= 11 is 0. The van der Waals surface area contributed by atoms with Crippen molar-refractivity contribution in [3.8, 4) is 28.4 Å². The number of hydrogen-bond donors (Lipinski definition) is 1. The van der Waals surface area contributed by atoms with Crippen LogP contribution in [0.25, 0.3) is 21.9 Å². The van der Waals surface area contributed by atoms with Gasteiger partial charge in [0.25, 0.3) is 5.91 Å². The second-order valence-corrected chi connectivity index (χ2v) is 10.1. The van der Waals surface area contributed by atoms with Crippen molar-refractivity contribution in [2.75, 3.05) is 20.4 Å². The summed E-state index contributed by atoms with van der Waals surface area (Å²) in [4.78, 5) is 14.9. The zero-order valence-electron chi connectivity index (χ0n) is 22.9. The average molecular weight is 551 g/mol. The number of rotatable bonds is 10. The van der Waals surface area contributed by atoms with Crippen molar-refractivity contribution in [2.45, 2.75) is 26.6 Å². The maximum absolute atomic E-state index is 12.8. The number of hydrogen-bond acceptors (Lipinski definition) is 8. The summed E-state index contributed by atoms with van der Waals surface area (Å²) in [6.45, 7) is 3.52. The topological polar surface area (TPSA) is 99.0 Å². The molecule has 1 aliphatic heterocycles. The molecule has 1 aliphatic rings. The Morgan fingerprint density at radius 3 is 2.59 bits per heavy atom. The fourth-order valence-electron chi connectivity index (χ4n) is 4.93. The first-order valence-corrected chi connectivity index (χ1v) is 13.4. The van der Waals surface area contributed by atoms with E-state index in [1.807, 2.05) is 68.6 Å². The molecule has 0 bridgehead atoms. The molecule has 1 N–H and O–H groups in total. The Morgan fingerprint density at radius 1 is 0.902 bits per heavy atom. The number of nitrogens with one attached hydrogen (secondary N) is 1. The Balaban J connectivity index is 1.17. The van der Waals surface area contributed by atoms with E-state index in [1.165, 1.54) is 0 Å². The molecule has 2 heterocycles. The summed E-state index contributed by atoms with van der Waals surface area (Å²) in [5.41, 5.74) is 5.51. The molecular formula is C32H30N4O5. The van der Waals surface area contributed by atoms with Gasteiger partial charge in [-0.3, -0.25) is 9.69 Å². The molecule has 9 heteroatoms. The second kappa shape index (κ2) is 11.7. The Morgan fingerprint density at radius 2 is 1.71 bits per heavy atom. The van der Waals surface area contributed by atoms with Gasteiger partial charge in [-0.05, 0) is 65.7 Å². The summed E-state index contributed by atoms with van der Waals surface area (Å²) in [5.74, 6) is 1.90. The minimum absolute atomic E-state index is 0.100. The minimum Gasteiger partial charge on any atom is -0.483 e. The molecule has 4 aromatic carbocycles. The lowest BCUT2D eigenvalue weighted by Gasteiger charge is -2.19. The van der Waals surface area contributed by atoms with Crippen LogP contribution in [0.15, 0.2) is 83.5 Å². The molecule has 0 fully saturated rings. The van der Waals surface area contributed by atoms with Crippen molar-refractivity contribution in [2.24, 2.45) is 0 Å². The molecule has 0 radical (unpaired) electrons. The highest BCUT2D eigenvalue weighted by molar-refractivity contribution is 5.86. The van der Waals surface area contributed by atoms with E-state index in [2.05, 4.69) is 44.8 Å². The van der Waals surface area contributed by atoms with Crippen LogP contribution in [-0.2, 0) is 24.4 Å². The fourth-order valence-corrected chi connectivity index (χ4v) is 4.93. The number of carbonyl (C=O) groups excluding carboxylic acids is 1. The van der Waals surface area contributed by atoms with Gasteiger partial charge in [0.05, 0.1) is 0 Å². The van der Waals surface area contributed by atoms with Gasteiger partial charge in [-0.15, -0.1) is 0 Å². The lowest BCUT2D eigenvalue weighted by atomic mass is 10.0. The molecular weight excluding hydrogens is 520 g/mol. The third kappa shape index (κ3) is 6.00. The normalized spacial score (nSPS) is 12.2. The van der Waals surface area contributed by atoms with Crippen molar-refractivity contribution >= 4 is 16.7 Å². The Bertz CT molecular complexity index is 1690. The van der Waals surface area contributed by atoms with Crippen LogP contribution in [0.4, 0.5) is 0 Å². The molecule has 1 amide bonds. The number of carbonyl (C=O) groups is 1. The van der Waals surface area contributed by atoms with Gasteiger partial charge in [-0.25, -0.2) is 4.63 Å². The first kappa shape index (κ1) is 26.3. The fraction of sp³-hybridized carbons (Fsp3) is 0.219. The standard InChI is InChI=1S/C32H30N4O5/c1-21-28(35-41-34-21)18-36(2)17-26-14-23(24-11-13-30-31(15-24)40-20-39-30)10-12-29(26)38-19-32(37)33-16-25-8-5-7-22-6-3-4-9-27(22)25/h3-15H,16-20H2,1-2H3,(H,33,37). The van der Waals surface area contributed by atoms with Crippen molar-refractivity contribution in [1.29, 1.82) is 0 Å². The van der Waals surface area contributed by atoms with E-state index in [0.717, 1.165) is 55.9 Å². The van der Waals surface area contributed by atoms with Crippen LogP contribution < -0.4 is 19.5 Å². The summed E-state index contributed by atoms with van der Waals surface area (Å²) in [5, 5.41) is 13.1. The predicted octanol–water partition coefficient (Wildman–Crippen LogP) is 5.25. The summed E-state index contributed by atoms with van der Waals surface area (Å²) in [6.07, 6.45) is 0. The maximum atomic E-state index is 12.8. The second-order valence-electron chi connectivity index (χ2n) is 10.1. The van der Waals surface area contributed by atoms with E-state index in [0.29, 0.717) is 25.4 Å². The van der Waals surface area contributed by atoms with Crippen LogP contribution in [0.3, 0.4) is 0 Å². The molecule has 41 heavy (non-hydrogen) atoms. The largest absolute Gasteiger partial charge is 0.483 e. The molecule has 0 saturated carbocycles. The van der Waals surface area contributed by atoms with Crippen molar-refractivity contribution in [3.05, 3.63) is 101 Å². The molecule has 5 aromatic rings. The maximum Gasteiger partial charge on any atom is 0.258 e. The number of nitrogens with zero attached hydrogens (tertiary/aromatic N) is 3. The SMILES string of the molecule is Cc1nonc1CN(C)Cc1cc(-c2ccc3c(c2)OCO3)ccc1OCC(=O)NCc1cccc2ccccc12. The van der Waals surface area contributed by atoms with Gasteiger partial charge in [-0.2, -0.15) is 0 Å². The van der Waals surface area contributed by atoms with Gasteiger partial charge in [0.1, 0.15) is 17.1 Å². The highest BCUT2D eigenvalue weighted by atomic mass is 16.7. The molecule has 0 aliphatic carbocycles. The quantitative estimate of drug-likeness (QED) is 0.252. The van der Waals surface area contributed by atoms with Crippen LogP contribution in [0.2, 0.25) is 0 Å². The number of aromatic nitrogens is 2. The third-order valence-electron chi connectivity index (χ3n) is 7.09.